The Morgan fingerprint density at radius 2 is 1.95 bits per heavy atom. The Hall–Kier alpha value is -2.56. The third-order valence-corrected chi connectivity index (χ3v) is 3.22. The van der Waals surface area contributed by atoms with Crippen molar-refractivity contribution in [1.29, 1.82) is 0 Å². The molecular weight excluding hydrogens is 268 g/mol. The molecule has 1 aromatic heterocycles. The molecule has 0 amide bonds. The smallest absolute Gasteiger partial charge is 0.328 e. The van der Waals surface area contributed by atoms with Gasteiger partial charge in [0.15, 0.2) is 0 Å². The number of aryl methyl sites for hydroxylation is 1. The van der Waals surface area contributed by atoms with Crippen molar-refractivity contribution in [3.8, 4) is 0 Å². The van der Waals surface area contributed by atoms with Gasteiger partial charge in [-0.25, -0.2) is 4.79 Å². The first-order valence-electron chi connectivity index (χ1n) is 6.65. The lowest BCUT2D eigenvalue weighted by molar-refractivity contribution is -0.141. The number of esters is 1. The van der Waals surface area contributed by atoms with E-state index in [0.717, 1.165) is 5.56 Å². The number of hydrogen-bond acceptors (Lipinski definition) is 4. The van der Waals surface area contributed by atoms with Crippen LogP contribution >= 0.6 is 0 Å². The highest BCUT2D eigenvalue weighted by molar-refractivity contribution is 5.79. The molecule has 1 atom stereocenters. The summed E-state index contributed by atoms with van der Waals surface area (Å²) in [6, 6.07) is 12.4. The van der Waals surface area contributed by atoms with Crippen LogP contribution in [0.5, 0.6) is 0 Å². The van der Waals surface area contributed by atoms with E-state index in [1.54, 1.807) is 25.4 Å². The van der Waals surface area contributed by atoms with Gasteiger partial charge in [-0.15, -0.1) is 0 Å². The van der Waals surface area contributed by atoms with E-state index < -0.39 is 12.0 Å². The predicted molar refractivity (Wildman–Crippen MR) is 81.3 cm³/mol. The largest absolute Gasteiger partial charge is 0.467 e. The lowest BCUT2D eigenvalue weighted by Crippen LogP contribution is -2.35. The molecule has 0 aliphatic heterocycles. The van der Waals surface area contributed by atoms with Crippen LogP contribution in [0.1, 0.15) is 5.56 Å². The van der Waals surface area contributed by atoms with E-state index >= 15 is 0 Å². The third-order valence-electron chi connectivity index (χ3n) is 3.22. The molecule has 0 saturated carbocycles. The molecule has 5 heteroatoms. The summed E-state index contributed by atoms with van der Waals surface area (Å²) in [5, 5.41) is 2.98. The van der Waals surface area contributed by atoms with Crippen molar-refractivity contribution in [2.75, 3.05) is 12.4 Å². The van der Waals surface area contributed by atoms with Crippen LogP contribution in [0.2, 0.25) is 0 Å². The highest BCUT2D eigenvalue weighted by Gasteiger charge is 2.20. The number of anilines is 1. The first-order valence-corrected chi connectivity index (χ1v) is 6.65. The van der Waals surface area contributed by atoms with Gasteiger partial charge in [-0.2, -0.15) is 0 Å². The zero-order valence-corrected chi connectivity index (χ0v) is 12.1. The maximum atomic E-state index is 12.0. The van der Waals surface area contributed by atoms with E-state index in [1.807, 2.05) is 30.3 Å². The molecular formula is C16H18N2O3. The molecule has 0 saturated heterocycles. The second kappa shape index (κ2) is 6.74. The van der Waals surface area contributed by atoms with Gasteiger partial charge in [0.05, 0.1) is 7.11 Å². The summed E-state index contributed by atoms with van der Waals surface area (Å²) in [6.07, 6.45) is 2.11. The fraction of sp³-hybridized carbons (Fsp3) is 0.250. The standard InChI is InChI=1S/C16H18N2O3/c1-18-10-6-9-13(15(18)19)17-14(16(20)21-2)11-12-7-4-3-5-8-12/h3-10,14,17H,11H2,1-2H3/t14-/m0/s1. The number of rotatable bonds is 5. The molecule has 0 fully saturated rings. The number of nitrogens with zero attached hydrogens (tertiary/aromatic N) is 1. The Morgan fingerprint density at radius 3 is 2.62 bits per heavy atom. The van der Waals surface area contributed by atoms with Crippen molar-refractivity contribution < 1.29 is 9.53 Å². The Balaban J connectivity index is 2.23. The molecule has 0 aliphatic carbocycles. The second-order valence-corrected chi connectivity index (χ2v) is 4.75. The number of nitrogens with one attached hydrogen (secondary N) is 1. The monoisotopic (exact) mass is 286 g/mol. The van der Waals surface area contributed by atoms with Gasteiger partial charge in [-0.05, 0) is 17.7 Å². The number of benzene rings is 1. The minimum atomic E-state index is -0.604. The lowest BCUT2D eigenvalue weighted by atomic mass is 10.1. The van der Waals surface area contributed by atoms with Crippen LogP contribution < -0.4 is 10.9 Å². The number of carbonyl (C=O) groups excluding carboxylic acids is 1. The predicted octanol–water partition coefficient (Wildman–Crippen LogP) is 1.58. The van der Waals surface area contributed by atoms with Crippen LogP contribution in [0, 0.1) is 0 Å². The maximum absolute atomic E-state index is 12.0. The third kappa shape index (κ3) is 3.72. The topological polar surface area (TPSA) is 60.3 Å². The summed E-state index contributed by atoms with van der Waals surface area (Å²) in [4.78, 5) is 23.9. The second-order valence-electron chi connectivity index (χ2n) is 4.75. The molecule has 0 bridgehead atoms. The number of pyridine rings is 1. The average Bonchev–Trinajstić information content (AvgIpc) is 2.51. The molecule has 0 unspecified atom stereocenters. The summed E-state index contributed by atoms with van der Waals surface area (Å²) in [7, 11) is 3.00. The van der Waals surface area contributed by atoms with Crippen LogP contribution in [-0.4, -0.2) is 23.7 Å². The Morgan fingerprint density at radius 1 is 1.24 bits per heavy atom. The molecule has 21 heavy (non-hydrogen) atoms. The highest BCUT2D eigenvalue weighted by Crippen LogP contribution is 2.09. The highest BCUT2D eigenvalue weighted by atomic mass is 16.5. The number of ether oxygens (including phenoxy) is 1. The Labute approximate surface area is 123 Å². The van der Waals surface area contributed by atoms with Crippen LogP contribution in [0.15, 0.2) is 53.5 Å². The SMILES string of the molecule is COC(=O)[C@H](Cc1ccccc1)Nc1cccn(C)c1=O. The van der Waals surface area contributed by atoms with Gasteiger partial charge in [0.2, 0.25) is 0 Å². The van der Waals surface area contributed by atoms with Gasteiger partial charge in [0, 0.05) is 19.7 Å². The fourth-order valence-electron chi connectivity index (χ4n) is 2.08. The zero-order chi connectivity index (χ0) is 15.2. The molecule has 110 valence electrons. The van der Waals surface area contributed by atoms with Gasteiger partial charge in [0.1, 0.15) is 11.7 Å². The molecule has 0 aliphatic rings. The summed E-state index contributed by atoms with van der Waals surface area (Å²) in [5.41, 5.74) is 1.19. The van der Waals surface area contributed by atoms with Crippen molar-refractivity contribution in [1.82, 2.24) is 4.57 Å². The Kier molecular flexibility index (Phi) is 4.77. The molecule has 0 spiro atoms. The minimum absolute atomic E-state index is 0.181. The number of methoxy groups -OCH3 is 1. The molecule has 1 N–H and O–H groups in total. The molecule has 2 rings (SSSR count). The van der Waals surface area contributed by atoms with E-state index in [0.29, 0.717) is 12.1 Å². The zero-order valence-electron chi connectivity index (χ0n) is 12.1. The first kappa shape index (κ1) is 14.8. The van der Waals surface area contributed by atoms with E-state index in [2.05, 4.69) is 5.32 Å². The lowest BCUT2D eigenvalue weighted by Gasteiger charge is -2.17. The van der Waals surface area contributed by atoms with Crippen LogP contribution in [0.25, 0.3) is 0 Å². The normalized spacial score (nSPS) is 11.7. The quantitative estimate of drug-likeness (QED) is 0.848. The first-order chi connectivity index (χ1) is 10.1. The average molecular weight is 286 g/mol. The Bertz CT molecular complexity index is 665. The molecule has 1 aromatic carbocycles. The van der Waals surface area contributed by atoms with E-state index in [9.17, 15) is 9.59 Å². The fourth-order valence-corrected chi connectivity index (χ4v) is 2.08. The van der Waals surface area contributed by atoms with Crippen molar-refractivity contribution in [3.63, 3.8) is 0 Å². The summed E-state index contributed by atoms with van der Waals surface area (Å²) in [5.74, 6) is -0.398. The maximum Gasteiger partial charge on any atom is 0.328 e. The van der Waals surface area contributed by atoms with Gasteiger partial charge >= 0.3 is 5.97 Å². The molecule has 5 nitrogen and oxygen atoms in total. The van der Waals surface area contributed by atoms with Gasteiger partial charge in [0.25, 0.3) is 5.56 Å². The van der Waals surface area contributed by atoms with E-state index in [1.165, 1.54) is 11.7 Å². The summed E-state index contributed by atoms with van der Waals surface area (Å²) < 4.78 is 6.27. The summed E-state index contributed by atoms with van der Waals surface area (Å²) >= 11 is 0. The summed E-state index contributed by atoms with van der Waals surface area (Å²) in [6.45, 7) is 0. The van der Waals surface area contributed by atoms with Crippen LogP contribution in [0.4, 0.5) is 5.69 Å². The minimum Gasteiger partial charge on any atom is -0.467 e. The molecule has 0 radical (unpaired) electrons. The van der Waals surface area contributed by atoms with E-state index in [-0.39, 0.29) is 5.56 Å². The van der Waals surface area contributed by atoms with Crippen molar-refractivity contribution in [2.24, 2.45) is 7.05 Å². The number of carbonyl (C=O) groups is 1. The molecule has 1 heterocycles. The number of aromatic nitrogens is 1. The van der Waals surface area contributed by atoms with Crippen molar-refractivity contribution in [3.05, 3.63) is 64.6 Å². The van der Waals surface area contributed by atoms with Crippen LogP contribution in [-0.2, 0) is 23.0 Å². The van der Waals surface area contributed by atoms with E-state index in [4.69, 9.17) is 4.74 Å². The van der Waals surface area contributed by atoms with Gasteiger partial charge in [-0.1, -0.05) is 30.3 Å². The van der Waals surface area contributed by atoms with Crippen molar-refractivity contribution >= 4 is 11.7 Å². The van der Waals surface area contributed by atoms with Gasteiger partial charge in [-0.3, -0.25) is 4.79 Å². The molecule has 2 aromatic rings. The van der Waals surface area contributed by atoms with Crippen LogP contribution in [0.3, 0.4) is 0 Å². The number of hydrogen-bond donors (Lipinski definition) is 1. The van der Waals surface area contributed by atoms with Crippen molar-refractivity contribution in [2.45, 2.75) is 12.5 Å². The van der Waals surface area contributed by atoms with Gasteiger partial charge < -0.3 is 14.6 Å².